The zero-order valence-electron chi connectivity index (χ0n) is 13.8. The van der Waals surface area contributed by atoms with Gasteiger partial charge in [0.2, 0.25) is 0 Å². The third kappa shape index (κ3) is 4.26. The molecule has 0 spiro atoms. The molecule has 0 aliphatic carbocycles. The Morgan fingerprint density at radius 3 is 2.44 bits per heavy atom. The molecule has 1 saturated heterocycles. The molecule has 27 heavy (non-hydrogen) atoms. The van der Waals surface area contributed by atoms with Gasteiger partial charge in [0.1, 0.15) is 0 Å². The lowest BCUT2D eigenvalue weighted by Gasteiger charge is -2.12. The molecule has 3 rings (SSSR count). The van der Waals surface area contributed by atoms with Gasteiger partial charge in [0.15, 0.2) is 11.5 Å². The number of hydrogen-bond donors (Lipinski definition) is 1. The molecule has 1 N–H and O–H groups in total. The van der Waals surface area contributed by atoms with Crippen LogP contribution in [0.4, 0.5) is 4.79 Å². The van der Waals surface area contributed by atoms with Gasteiger partial charge in [-0.2, -0.15) is 0 Å². The van der Waals surface area contributed by atoms with Gasteiger partial charge in [0, 0.05) is 8.95 Å². The molecule has 0 aromatic heterocycles. The van der Waals surface area contributed by atoms with Gasteiger partial charge in [-0.05, 0) is 79.0 Å². The normalized spacial score (nSPS) is 15.7. The number of methoxy groups -OCH3 is 1. The third-order valence-corrected chi connectivity index (χ3v) is 7.40. The zero-order valence-corrected chi connectivity index (χ0v) is 19.4. The lowest BCUT2D eigenvalue weighted by molar-refractivity contribution is -0.123. The first-order valence-electron chi connectivity index (χ1n) is 7.56. The highest BCUT2D eigenvalue weighted by atomic mass is 79.9. The van der Waals surface area contributed by atoms with E-state index in [1.807, 2.05) is 24.3 Å². The van der Waals surface area contributed by atoms with Crippen LogP contribution in [0.1, 0.15) is 11.1 Å². The molecule has 1 aliphatic rings. The van der Waals surface area contributed by atoms with E-state index in [9.17, 15) is 14.7 Å². The Morgan fingerprint density at radius 1 is 1.15 bits per heavy atom. The topological polar surface area (TPSA) is 66.8 Å². The number of carbonyl (C=O) groups excluding carboxylic acids is 2. The summed E-state index contributed by atoms with van der Waals surface area (Å²) in [5, 5.41) is 9.70. The first-order valence-corrected chi connectivity index (χ1v) is 10.8. The van der Waals surface area contributed by atoms with E-state index >= 15 is 0 Å². The summed E-state index contributed by atoms with van der Waals surface area (Å²) >= 11 is 10.9. The Bertz CT molecular complexity index is 960. The number of ether oxygens (including phenoxy) is 1. The summed E-state index contributed by atoms with van der Waals surface area (Å²) in [5.74, 6) is -0.154. The van der Waals surface area contributed by atoms with Crippen LogP contribution in [-0.2, 0) is 11.3 Å². The molecular formula is C18H12Br3NO4S. The maximum absolute atomic E-state index is 12.7. The van der Waals surface area contributed by atoms with E-state index in [1.54, 1.807) is 12.1 Å². The number of benzene rings is 2. The molecule has 0 atom stereocenters. The molecule has 0 radical (unpaired) electrons. The average Bonchev–Trinajstić information content (AvgIpc) is 2.91. The molecule has 0 saturated carbocycles. The Labute approximate surface area is 185 Å². The van der Waals surface area contributed by atoms with E-state index in [4.69, 9.17) is 4.74 Å². The summed E-state index contributed by atoms with van der Waals surface area (Å²) in [6.07, 6.45) is 1.60. The molecule has 1 aliphatic heterocycles. The van der Waals surface area contributed by atoms with Crippen LogP contribution in [0, 0.1) is 0 Å². The molecule has 0 unspecified atom stereocenters. The highest BCUT2D eigenvalue weighted by Gasteiger charge is 2.35. The molecule has 1 heterocycles. The number of imide groups is 1. The monoisotopic (exact) mass is 575 g/mol. The number of aromatic hydroxyl groups is 1. The number of phenols is 1. The van der Waals surface area contributed by atoms with Crippen LogP contribution < -0.4 is 4.74 Å². The van der Waals surface area contributed by atoms with E-state index < -0.39 is 0 Å². The molecular weight excluding hydrogens is 566 g/mol. The predicted molar refractivity (Wildman–Crippen MR) is 116 cm³/mol. The molecule has 2 amide bonds. The fourth-order valence-electron chi connectivity index (χ4n) is 2.42. The maximum atomic E-state index is 12.7. The highest BCUT2D eigenvalue weighted by Crippen LogP contribution is 2.43. The highest BCUT2D eigenvalue weighted by molar-refractivity contribution is 9.13. The summed E-state index contributed by atoms with van der Waals surface area (Å²) < 4.78 is 7.03. The van der Waals surface area contributed by atoms with Gasteiger partial charge >= 0.3 is 0 Å². The van der Waals surface area contributed by atoms with Crippen LogP contribution in [0.5, 0.6) is 11.5 Å². The van der Waals surface area contributed by atoms with Gasteiger partial charge < -0.3 is 9.84 Å². The van der Waals surface area contributed by atoms with Crippen LogP contribution in [0.25, 0.3) is 6.08 Å². The van der Waals surface area contributed by atoms with Crippen molar-refractivity contribution in [1.82, 2.24) is 4.90 Å². The summed E-state index contributed by atoms with van der Waals surface area (Å²) in [6.45, 7) is 0.207. The first-order chi connectivity index (χ1) is 12.8. The number of phenolic OH excluding ortho intramolecular Hbond substituents is 1. The minimum Gasteiger partial charge on any atom is -0.503 e. The first kappa shape index (κ1) is 20.4. The van der Waals surface area contributed by atoms with Crippen molar-refractivity contribution >= 4 is 76.8 Å². The molecule has 140 valence electrons. The predicted octanol–water partition coefficient (Wildman–Crippen LogP) is 5.92. The number of amides is 2. The number of halogens is 3. The molecule has 2 aromatic carbocycles. The average molecular weight is 578 g/mol. The summed E-state index contributed by atoms with van der Waals surface area (Å²) in [5.41, 5.74) is 1.46. The molecule has 5 nitrogen and oxygen atoms in total. The number of thioether (sulfide) groups is 1. The van der Waals surface area contributed by atoms with Crippen molar-refractivity contribution < 1.29 is 19.4 Å². The van der Waals surface area contributed by atoms with E-state index in [-0.39, 0.29) is 29.2 Å². The second-order valence-corrected chi connectivity index (χ2v) is 9.03. The van der Waals surface area contributed by atoms with Crippen LogP contribution in [0.2, 0.25) is 0 Å². The number of nitrogens with zero attached hydrogens (tertiary/aromatic N) is 1. The summed E-state index contributed by atoms with van der Waals surface area (Å²) in [6, 6.07) is 9.03. The van der Waals surface area contributed by atoms with Gasteiger partial charge in [0.05, 0.1) is 23.0 Å². The van der Waals surface area contributed by atoms with Crippen molar-refractivity contribution in [2.75, 3.05) is 7.11 Å². The van der Waals surface area contributed by atoms with E-state index in [0.717, 1.165) is 21.8 Å². The maximum Gasteiger partial charge on any atom is 0.293 e. The molecule has 1 fully saturated rings. The lowest BCUT2D eigenvalue weighted by atomic mass is 10.1. The summed E-state index contributed by atoms with van der Waals surface area (Å²) in [4.78, 5) is 26.5. The van der Waals surface area contributed by atoms with Crippen molar-refractivity contribution in [2.45, 2.75) is 6.54 Å². The van der Waals surface area contributed by atoms with Crippen LogP contribution in [0.3, 0.4) is 0 Å². The fourth-order valence-corrected chi connectivity index (χ4v) is 4.36. The number of rotatable bonds is 4. The van der Waals surface area contributed by atoms with Gasteiger partial charge in [-0.25, -0.2) is 0 Å². The Balaban J connectivity index is 1.90. The lowest BCUT2D eigenvalue weighted by Crippen LogP contribution is -2.27. The summed E-state index contributed by atoms with van der Waals surface area (Å²) in [7, 11) is 1.44. The van der Waals surface area contributed by atoms with Gasteiger partial charge in [-0.15, -0.1) is 0 Å². The number of hydrogen-bond acceptors (Lipinski definition) is 5. The zero-order chi connectivity index (χ0) is 19.7. The van der Waals surface area contributed by atoms with Gasteiger partial charge in [-0.1, -0.05) is 28.1 Å². The second-order valence-electron chi connectivity index (χ2n) is 5.54. The second kappa shape index (κ2) is 8.38. The smallest absolute Gasteiger partial charge is 0.293 e. The minimum atomic E-state index is -0.358. The largest absolute Gasteiger partial charge is 0.503 e. The Morgan fingerprint density at radius 2 is 1.81 bits per heavy atom. The van der Waals surface area contributed by atoms with E-state index in [1.165, 1.54) is 12.0 Å². The van der Waals surface area contributed by atoms with Gasteiger partial charge in [-0.3, -0.25) is 14.5 Å². The van der Waals surface area contributed by atoms with Crippen molar-refractivity contribution in [1.29, 1.82) is 0 Å². The quantitative estimate of drug-likeness (QED) is 0.457. The number of carbonyl (C=O) groups is 2. The van der Waals surface area contributed by atoms with Crippen molar-refractivity contribution in [3.8, 4) is 11.5 Å². The van der Waals surface area contributed by atoms with Crippen molar-refractivity contribution in [2.24, 2.45) is 0 Å². The van der Waals surface area contributed by atoms with E-state index in [0.29, 0.717) is 19.4 Å². The molecule has 9 heteroatoms. The van der Waals surface area contributed by atoms with Crippen molar-refractivity contribution in [3.05, 3.63) is 59.8 Å². The SMILES string of the molecule is COc1cc(/C=C2/SC(=O)N(Cc3ccc(Br)cc3)C2=O)c(Br)c(Br)c1O. The van der Waals surface area contributed by atoms with Crippen molar-refractivity contribution in [3.63, 3.8) is 0 Å². The standard InChI is InChI=1S/C18H12Br3NO4S/c1-26-12-6-10(14(20)15(21)16(12)23)7-13-17(24)22(18(25)27-13)8-9-2-4-11(19)5-3-9/h2-7,23H,8H2,1H3/b13-7+. The van der Waals surface area contributed by atoms with Crippen LogP contribution in [-0.4, -0.2) is 28.3 Å². The molecule has 0 bridgehead atoms. The Hall–Kier alpha value is -1.29. The van der Waals surface area contributed by atoms with Gasteiger partial charge in [0.25, 0.3) is 11.1 Å². The van der Waals surface area contributed by atoms with Crippen LogP contribution in [0.15, 0.2) is 48.7 Å². The van der Waals surface area contributed by atoms with E-state index in [2.05, 4.69) is 47.8 Å². The third-order valence-electron chi connectivity index (χ3n) is 3.81. The Kier molecular flexibility index (Phi) is 6.35. The molecule has 2 aromatic rings. The minimum absolute atomic E-state index is 0.0510. The fraction of sp³-hybridized carbons (Fsp3) is 0.111. The van der Waals surface area contributed by atoms with Crippen LogP contribution >= 0.6 is 59.6 Å².